The van der Waals surface area contributed by atoms with Crippen molar-refractivity contribution in [2.75, 3.05) is 27.9 Å². The third-order valence-electron chi connectivity index (χ3n) is 2.66. The zero-order valence-electron chi connectivity index (χ0n) is 12.0. The minimum absolute atomic E-state index is 0.616. The van der Waals surface area contributed by atoms with Crippen LogP contribution in [0.1, 0.15) is 18.9 Å². The van der Waals surface area contributed by atoms with Gasteiger partial charge in [0.1, 0.15) is 0 Å². The van der Waals surface area contributed by atoms with E-state index in [9.17, 15) is 0 Å². The summed E-state index contributed by atoms with van der Waals surface area (Å²) in [6, 6.07) is 3.89. The molecule has 19 heavy (non-hydrogen) atoms. The number of hydrogen-bond acceptors (Lipinski definition) is 4. The molecule has 0 aromatic heterocycles. The van der Waals surface area contributed by atoms with Gasteiger partial charge in [0.2, 0.25) is 5.75 Å². The lowest BCUT2D eigenvalue weighted by Gasteiger charge is -2.14. The first-order chi connectivity index (χ1) is 9.26. The van der Waals surface area contributed by atoms with Crippen LogP contribution in [0.3, 0.4) is 0 Å². The zero-order chi connectivity index (χ0) is 14.1. The van der Waals surface area contributed by atoms with Gasteiger partial charge in [0.15, 0.2) is 11.5 Å². The summed E-state index contributed by atoms with van der Waals surface area (Å²) in [4.78, 5) is 0. The molecule has 1 rings (SSSR count). The van der Waals surface area contributed by atoms with Crippen LogP contribution in [-0.4, -0.2) is 27.9 Å². The predicted molar refractivity (Wildman–Crippen MR) is 75.9 cm³/mol. The fraction of sp³-hybridized carbons (Fsp3) is 0.467. The fourth-order valence-corrected chi connectivity index (χ4v) is 1.75. The van der Waals surface area contributed by atoms with Gasteiger partial charge in [-0.1, -0.05) is 0 Å². The molecule has 0 heterocycles. The summed E-state index contributed by atoms with van der Waals surface area (Å²) in [6.45, 7) is 3.44. The van der Waals surface area contributed by atoms with E-state index in [1.54, 1.807) is 21.3 Å². The summed E-state index contributed by atoms with van der Waals surface area (Å²) in [5.74, 6) is 7.85. The SMILES string of the molecule is CC#CCCNCc1cc(OC)c(OC)c(OC)c1. The molecular weight excluding hydrogens is 242 g/mol. The van der Waals surface area contributed by atoms with Crippen LogP contribution in [0.4, 0.5) is 0 Å². The maximum atomic E-state index is 5.31. The second kappa shape index (κ2) is 8.28. The molecule has 0 aliphatic carbocycles. The van der Waals surface area contributed by atoms with E-state index in [1.807, 2.05) is 19.1 Å². The molecule has 4 nitrogen and oxygen atoms in total. The number of hydrogen-bond donors (Lipinski definition) is 1. The molecule has 1 aromatic carbocycles. The second-order valence-corrected chi connectivity index (χ2v) is 3.89. The summed E-state index contributed by atoms with van der Waals surface area (Å²) in [7, 11) is 4.83. The normalized spacial score (nSPS) is 9.47. The van der Waals surface area contributed by atoms with Gasteiger partial charge in [-0.2, -0.15) is 0 Å². The molecule has 0 spiro atoms. The topological polar surface area (TPSA) is 39.7 Å². The maximum absolute atomic E-state index is 5.31. The minimum Gasteiger partial charge on any atom is -0.493 e. The van der Waals surface area contributed by atoms with Crippen LogP contribution in [0.5, 0.6) is 17.2 Å². The van der Waals surface area contributed by atoms with E-state index in [-0.39, 0.29) is 0 Å². The van der Waals surface area contributed by atoms with Gasteiger partial charge in [0.05, 0.1) is 21.3 Å². The monoisotopic (exact) mass is 263 g/mol. The summed E-state index contributed by atoms with van der Waals surface area (Å²) in [5, 5.41) is 3.32. The Morgan fingerprint density at radius 1 is 1.05 bits per heavy atom. The van der Waals surface area contributed by atoms with Crippen LogP contribution >= 0.6 is 0 Å². The highest BCUT2D eigenvalue weighted by Crippen LogP contribution is 2.38. The average Bonchev–Trinajstić information content (AvgIpc) is 2.45. The molecule has 0 unspecified atom stereocenters. The van der Waals surface area contributed by atoms with Gasteiger partial charge in [-0.05, 0) is 24.6 Å². The lowest BCUT2D eigenvalue weighted by Crippen LogP contribution is -2.14. The molecule has 4 heteroatoms. The van der Waals surface area contributed by atoms with E-state index in [2.05, 4.69) is 17.2 Å². The van der Waals surface area contributed by atoms with Crippen molar-refractivity contribution in [3.05, 3.63) is 17.7 Å². The standard InChI is InChI=1S/C15H21NO3/c1-5-6-7-8-16-11-12-9-13(17-2)15(19-4)14(10-12)18-3/h9-10,16H,7-8,11H2,1-4H3. The van der Waals surface area contributed by atoms with E-state index in [1.165, 1.54) is 0 Å². The Hall–Kier alpha value is -1.86. The van der Waals surface area contributed by atoms with Crippen molar-refractivity contribution < 1.29 is 14.2 Å². The van der Waals surface area contributed by atoms with E-state index < -0.39 is 0 Å². The van der Waals surface area contributed by atoms with Crippen LogP contribution < -0.4 is 19.5 Å². The van der Waals surface area contributed by atoms with Crippen molar-refractivity contribution in [2.24, 2.45) is 0 Å². The Bertz CT molecular complexity index is 435. The van der Waals surface area contributed by atoms with Crippen LogP contribution in [0.25, 0.3) is 0 Å². The lowest BCUT2D eigenvalue weighted by atomic mass is 10.1. The predicted octanol–water partition coefficient (Wildman–Crippen LogP) is 2.22. The van der Waals surface area contributed by atoms with E-state index in [4.69, 9.17) is 14.2 Å². The maximum Gasteiger partial charge on any atom is 0.203 e. The van der Waals surface area contributed by atoms with Crippen molar-refractivity contribution >= 4 is 0 Å². The smallest absolute Gasteiger partial charge is 0.203 e. The second-order valence-electron chi connectivity index (χ2n) is 3.89. The number of methoxy groups -OCH3 is 3. The molecule has 0 bridgehead atoms. The molecule has 0 radical (unpaired) electrons. The largest absolute Gasteiger partial charge is 0.493 e. The quantitative estimate of drug-likeness (QED) is 0.605. The van der Waals surface area contributed by atoms with Gasteiger partial charge in [-0.15, -0.1) is 11.8 Å². The van der Waals surface area contributed by atoms with Crippen LogP contribution in [0, 0.1) is 11.8 Å². The molecule has 0 aliphatic rings. The number of benzene rings is 1. The Labute approximate surface area is 115 Å². The third-order valence-corrected chi connectivity index (χ3v) is 2.66. The first-order valence-electron chi connectivity index (χ1n) is 6.16. The summed E-state index contributed by atoms with van der Waals surface area (Å²) in [5.41, 5.74) is 1.08. The molecule has 0 saturated heterocycles. The fourth-order valence-electron chi connectivity index (χ4n) is 1.75. The first-order valence-corrected chi connectivity index (χ1v) is 6.16. The molecule has 0 saturated carbocycles. The molecular formula is C15H21NO3. The molecule has 1 aromatic rings. The van der Waals surface area contributed by atoms with Crippen molar-refractivity contribution in [3.8, 4) is 29.1 Å². The van der Waals surface area contributed by atoms with Gasteiger partial charge >= 0.3 is 0 Å². The molecule has 1 N–H and O–H groups in total. The van der Waals surface area contributed by atoms with Gasteiger partial charge in [-0.25, -0.2) is 0 Å². The average molecular weight is 263 g/mol. The molecule has 0 amide bonds. The van der Waals surface area contributed by atoms with E-state index >= 15 is 0 Å². The Morgan fingerprint density at radius 2 is 1.68 bits per heavy atom. The van der Waals surface area contributed by atoms with Gasteiger partial charge in [-0.3, -0.25) is 0 Å². The van der Waals surface area contributed by atoms with Gasteiger partial charge in [0, 0.05) is 19.5 Å². The highest BCUT2D eigenvalue weighted by Gasteiger charge is 2.12. The summed E-state index contributed by atoms with van der Waals surface area (Å²) in [6.07, 6.45) is 0.848. The summed E-state index contributed by atoms with van der Waals surface area (Å²) < 4.78 is 15.9. The first kappa shape index (κ1) is 15.2. The molecule has 0 atom stereocenters. The van der Waals surface area contributed by atoms with Crippen molar-refractivity contribution in [2.45, 2.75) is 19.9 Å². The third kappa shape index (κ3) is 4.38. The Kier molecular flexibility index (Phi) is 6.62. The van der Waals surface area contributed by atoms with E-state index in [0.29, 0.717) is 17.2 Å². The number of ether oxygens (including phenoxy) is 3. The van der Waals surface area contributed by atoms with Crippen molar-refractivity contribution in [1.82, 2.24) is 5.32 Å². The lowest BCUT2D eigenvalue weighted by molar-refractivity contribution is 0.323. The molecule has 0 aliphatic heterocycles. The zero-order valence-corrected chi connectivity index (χ0v) is 12.0. The summed E-state index contributed by atoms with van der Waals surface area (Å²) >= 11 is 0. The highest BCUT2D eigenvalue weighted by molar-refractivity contribution is 5.53. The highest BCUT2D eigenvalue weighted by atomic mass is 16.5. The van der Waals surface area contributed by atoms with Crippen molar-refractivity contribution in [1.29, 1.82) is 0 Å². The Balaban J connectivity index is 2.75. The van der Waals surface area contributed by atoms with Gasteiger partial charge < -0.3 is 19.5 Å². The van der Waals surface area contributed by atoms with Crippen molar-refractivity contribution in [3.63, 3.8) is 0 Å². The van der Waals surface area contributed by atoms with E-state index in [0.717, 1.165) is 25.1 Å². The van der Waals surface area contributed by atoms with Crippen LogP contribution in [-0.2, 0) is 6.54 Å². The van der Waals surface area contributed by atoms with Crippen LogP contribution in [0.2, 0.25) is 0 Å². The number of rotatable bonds is 7. The molecule has 0 fully saturated rings. The molecule has 104 valence electrons. The number of nitrogens with one attached hydrogen (secondary N) is 1. The minimum atomic E-state index is 0.616. The van der Waals surface area contributed by atoms with Crippen LogP contribution in [0.15, 0.2) is 12.1 Å². The Morgan fingerprint density at radius 3 is 2.16 bits per heavy atom. The van der Waals surface area contributed by atoms with Gasteiger partial charge in [0.25, 0.3) is 0 Å².